The van der Waals surface area contributed by atoms with Crippen LogP contribution in [-0.2, 0) is 13.9 Å². The van der Waals surface area contributed by atoms with Crippen LogP contribution in [-0.4, -0.2) is 33.9 Å². The molecule has 4 heteroatoms. The van der Waals surface area contributed by atoms with E-state index in [0.29, 0.717) is 17.8 Å². The van der Waals surface area contributed by atoms with E-state index in [2.05, 4.69) is 54.3 Å². The second kappa shape index (κ2) is 7.27. The second-order valence-electron chi connectivity index (χ2n) is 11.1. The first-order valence-electron chi connectivity index (χ1n) is 11.0. The Morgan fingerprint density at radius 3 is 2.33 bits per heavy atom. The summed E-state index contributed by atoms with van der Waals surface area (Å²) in [4.78, 5) is 0. The molecule has 0 N–H and O–H groups in total. The number of hydrogen-bond donors (Lipinski definition) is 0. The van der Waals surface area contributed by atoms with Crippen molar-refractivity contribution in [3.05, 3.63) is 12.2 Å². The molecule has 1 unspecified atom stereocenters. The molecule has 0 radical (unpaired) electrons. The number of allylic oxidation sites excluding steroid dienone is 1. The van der Waals surface area contributed by atoms with Gasteiger partial charge in [0.15, 0.2) is 14.1 Å². The number of rotatable bonds is 4. The van der Waals surface area contributed by atoms with Crippen molar-refractivity contribution in [2.75, 3.05) is 19.8 Å². The second-order valence-corrected chi connectivity index (χ2v) is 15.9. The fourth-order valence-electron chi connectivity index (χ4n) is 5.59. The van der Waals surface area contributed by atoms with E-state index < -0.39 is 8.32 Å². The van der Waals surface area contributed by atoms with Crippen LogP contribution in [0.2, 0.25) is 18.1 Å². The third-order valence-electron chi connectivity index (χ3n) is 8.69. The van der Waals surface area contributed by atoms with Crippen LogP contribution < -0.4 is 0 Å². The van der Waals surface area contributed by atoms with Gasteiger partial charge in [-0.05, 0) is 68.0 Å². The van der Waals surface area contributed by atoms with Crippen LogP contribution in [0.4, 0.5) is 0 Å². The standard InChI is InChI=1S/C23H42O3Si/c1-17(2)19-9-10-20(16-26-27(7,8)21(4,5)6)22(15-19)11-12-23(18(22)3)24-13-14-25-23/h18-20H,1,9-16H2,2-8H3/t18?,19-,20+,22+/m0/s1. The van der Waals surface area contributed by atoms with Crippen LogP contribution in [0.1, 0.15) is 66.7 Å². The summed E-state index contributed by atoms with van der Waals surface area (Å²) in [7, 11) is -1.74. The molecule has 1 heterocycles. The van der Waals surface area contributed by atoms with E-state index in [1.54, 1.807) is 0 Å². The lowest BCUT2D eigenvalue weighted by atomic mass is 9.57. The maximum Gasteiger partial charge on any atom is 0.191 e. The van der Waals surface area contributed by atoms with Gasteiger partial charge in [0.05, 0.1) is 13.2 Å². The molecule has 4 atom stereocenters. The van der Waals surface area contributed by atoms with Crippen LogP contribution in [0.15, 0.2) is 12.2 Å². The summed E-state index contributed by atoms with van der Waals surface area (Å²) in [6, 6.07) is 0. The molecule has 3 fully saturated rings. The lowest BCUT2D eigenvalue weighted by Crippen LogP contribution is -2.49. The Hall–Kier alpha value is -0.163. The zero-order chi connectivity index (χ0) is 20.1. The maximum absolute atomic E-state index is 6.75. The summed E-state index contributed by atoms with van der Waals surface area (Å²) in [6.45, 7) is 23.1. The number of hydrogen-bond acceptors (Lipinski definition) is 3. The largest absolute Gasteiger partial charge is 0.417 e. The summed E-state index contributed by atoms with van der Waals surface area (Å²) in [5.74, 6) is 1.31. The predicted octanol–water partition coefficient (Wildman–Crippen LogP) is 6.16. The smallest absolute Gasteiger partial charge is 0.191 e. The fourth-order valence-corrected chi connectivity index (χ4v) is 6.64. The van der Waals surface area contributed by atoms with E-state index in [-0.39, 0.29) is 16.2 Å². The molecule has 0 aromatic carbocycles. The molecule has 0 amide bonds. The van der Waals surface area contributed by atoms with Gasteiger partial charge in [-0.2, -0.15) is 0 Å². The van der Waals surface area contributed by atoms with E-state index in [1.807, 2.05) is 0 Å². The van der Waals surface area contributed by atoms with Gasteiger partial charge < -0.3 is 13.9 Å². The molecule has 3 rings (SSSR count). The van der Waals surface area contributed by atoms with Crippen molar-refractivity contribution in [2.45, 2.75) is 90.6 Å². The van der Waals surface area contributed by atoms with Crippen molar-refractivity contribution in [3.8, 4) is 0 Å². The van der Waals surface area contributed by atoms with Crippen LogP contribution in [0.3, 0.4) is 0 Å². The first-order valence-corrected chi connectivity index (χ1v) is 13.9. The molecular formula is C23H42O3Si. The molecule has 27 heavy (non-hydrogen) atoms. The minimum Gasteiger partial charge on any atom is -0.417 e. The van der Waals surface area contributed by atoms with Gasteiger partial charge in [-0.15, -0.1) is 0 Å². The van der Waals surface area contributed by atoms with Crippen LogP contribution in [0, 0.1) is 23.2 Å². The molecule has 0 aromatic heterocycles. The van der Waals surface area contributed by atoms with Gasteiger partial charge in [0.2, 0.25) is 0 Å². The van der Waals surface area contributed by atoms with Crippen LogP contribution in [0.25, 0.3) is 0 Å². The van der Waals surface area contributed by atoms with Crippen molar-refractivity contribution in [1.29, 1.82) is 0 Å². The topological polar surface area (TPSA) is 27.7 Å². The summed E-state index contributed by atoms with van der Waals surface area (Å²) < 4.78 is 19.2. The highest BCUT2D eigenvalue weighted by molar-refractivity contribution is 6.74. The van der Waals surface area contributed by atoms with Crippen molar-refractivity contribution in [3.63, 3.8) is 0 Å². The molecule has 156 valence electrons. The molecule has 2 saturated carbocycles. The van der Waals surface area contributed by atoms with Gasteiger partial charge in [-0.1, -0.05) is 39.8 Å². The molecule has 0 bridgehead atoms. The Balaban J connectivity index is 1.83. The third-order valence-corrected chi connectivity index (χ3v) is 13.2. The summed E-state index contributed by atoms with van der Waals surface area (Å²) >= 11 is 0. The van der Waals surface area contributed by atoms with Crippen molar-refractivity contribution >= 4 is 8.32 Å². The first kappa shape index (κ1) is 21.5. The Bertz CT molecular complexity index is 558. The van der Waals surface area contributed by atoms with Crippen molar-refractivity contribution in [1.82, 2.24) is 0 Å². The summed E-state index contributed by atoms with van der Waals surface area (Å²) in [6.07, 6.45) is 5.96. The molecule has 3 nitrogen and oxygen atoms in total. The summed E-state index contributed by atoms with van der Waals surface area (Å²) in [5.41, 5.74) is 1.61. The van der Waals surface area contributed by atoms with Gasteiger partial charge >= 0.3 is 0 Å². The minimum atomic E-state index is -1.74. The van der Waals surface area contributed by atoms with Crippen molar-refractivity contribution < 1.29 is 13.9 Å². The van der Waals surface area contributed by atoms with Crippen molar-refractivity contribution in [2.24, 2.45) is 23.2 Å². The van der Waals surface area contributed by atoms with E-state index >= 15 is 0 Å². The van der Waals surface area contributed by atoms with E-state index in [9.17, 15) is 0 Å². The number of ether oxygens (including phenoxy) is 2. The lowest BCUT2D eigenvalue weighted by Gasteiger charge is -2.50. The Morgan fingerprint density at radius 1 is 1.15 bits per heavy atom. The first-order chi connectivity index (χ1) is 12.4. The lowest BCUT2D eigenvalue weighted by molar-refractivity contribution is -0.198. The van der Waals surface area contributed by atoms with E-state index in [4.69, 9.17) is 13.9 Å². The highest BCUT2D eigenvalue weighted by Crippen LogP contribution is 2.63. The van der Waals surface area contributed by atoms with Crippen LogP contribution in [0.5, 0.6) is 0 Å². The SMILES string of the molecule is C=C(C)[C@H]1CC[C@H](CO[Si](C)(C)C(C)(C)C)[C@]2(CCC3(OCCO3)C2C)C1. The average molecular weight is 395 g/mol. The molecule has 2 aliphatic carbocycles. The normalized spacial score (nSPS) is 36.6. The molecule has 1 aliphatic heterocycles. The predicted molar refractivity (Wildman–Crippen MR) is 114 cm³/mol. The average Bonchev–Trinajstić information content (AvgIpc) is 3.15. The molecular weight excluding hydrogens is 352 g/mol. The quantitative estimate of drug-likeness (QED) is 0.422. The molecule has 3 aliphatic rings. The zero-order valence-electron chi connectivity index (χ0n) is 18.8. The van der Waals surface area contributed by atoms with Gasteiger partial charge in [0.1, 0.15) is 0 Å². The molecule has 0 aromatic rings. The van der Waals surface area contributed by atoms with Crippen LogP contribution >= 0.6 is 0 Å². The fraction of sp³-hybridized carbons (Fsp3) is 0.913. The third kappa shape index (κ3) is 3.72. The molecule has 1 saturated heterocycles. The van der Waals surface area contributed by atoms with Gasteiger partial charge in [0, 0.05) is 18.9 Å². The maximum atomic E-state index is 6.75. The highest BCUT2D eigenvalue weighted by atomic mass is 28.4. The Kier molecular flexibility index (Phi) is 5.80. The minimum absolute atomic E-state index is 0.259. The monoisotopic (exact) mass is 394 g/mol. The Morgan fingerprint density at radius 2 is 1.78 bits per heavy atom. The van der Waals surface area contributed by atoms with Gasteiger partial charge in [-0.3, -0.25) is 0 Å². The van der Waals surface area contributed by atoms with E-state index in [1.165, 1.54) is 31.3 Å². The van der Waals surface area contributed by atoms with E-state index in [0.717, 1.165) is 26.2 Å². The van der Waals surface area contributed by atoms with Gasteiger partial charge in [-0.25, -0.2) is 0 Å². The summed E-state index contributed by atoms with van der Waals surface area (Å²) in [5, 5.41) is 0.259. The Labute approximate surface area is 168 Å². The zero-order valence-corrected chi connectivity index (χ0v) is 19.8. The van der Waals surface area contributed by atoms with Gasteiger partial charge in [0.25, 0.3) is 0 Å². The highest BCUT2D eigenvalue weighted by Gasteiger charge is 2.62. The molecule has 2 spiro atoms.